The van der Waals surface area contributed by atoms with Gasteiger partial charge in [-0.1, -0.05) is 0 Å². The van der Waals surface area contributed by atoms with Crippen molar-refractivity contribution in [3.63, 3.8) is 0 Å². The average Bonchev–Trinajstić information content (AvgIpc) is 2.17. The second-order valence-electron chi connectivity index (χ2n) is 3.99. The number of aliphatic carboxylic acids is 1. The van der Waals surface area contributed by atoms with Crippen LogP contribution in [0.25, 0.3) is 0 Å². The smallest absolute Gasteiger partial charge is 0.320 e. The minimum Gasteiger partial charge on any atom is -0.480 e. The highest BCUT2D eigenvalue weighted by Gasteiger charge is 2.25. The maximum absolute atomic E-state index is 11.5. The molecular formula is C9H17NO5S. The zero-order valence-corrected chi connectivity index (χ0v) is 10.1. The van der Waals surface area contributed by atoms with Gasteiger partial charge in [-0.2, -0.15) is 0 Å². The van der Waals surface area contributed by atoms with E-state index in [0.29, 0.717) is 19.8 Å². The van der Waals surface area contributed by atoms with Crippen molar-refractivity contribution in [1.82, 2.24) is 4.31 Å². The average molecular weight is 251 g/mol. The maximum atomic E-state index is 11.5. The molecule has 0 amide bonds. The molecule has 0 radical (unpaired) electrons. The van der Waals surface area contributed by atoms with Crippen LogP contribution >= 0.6 is 0 Å². The summed E-state index contributed by atoms with van der Waals surface area (Å²) in [6, 6.07) is 0. The van der Waals surface area contributed by atoms with Gasteiger partial charge in [0.25, 0.3) is 0 Å². The van der Waals surface area contributed by atoms with E-state index in [-0.39, 0.29) is 5.92 Å². The molecule has 0 atom stereocenters. The van der Waals surface area contributed by atoms with Crippen molar-refractivity contribution in [2.45, 2.75) is 12.8 Å². The lowest BCUT2D eigenvalue weighted by atomic mass is 10.0. The SMILES string of the molecule is CN(CC1CCOCC1)S(=O)(=O)CC(=O)O. The summed E-state index contributed by atoms with van der Waals surface area (Å²) in [5.41, 5.74) is 0. The van der Waals surface area contributed by atoms with Crippen LogP contribution in [0, 0.1) is 5.92 Å². The number of nitrogens with zero attached hydrogens (tertiary/aromatic N) is 1. The van der Waals surface area contributed by atoms with E-state index in [4.69, 9.17) is 9.84 Å². The first kappa shape index (κ1) is 13.4. The number of hydrogen-bond acceptors (Lipinski definition) is 4. The minimum absolute atomic E-state index is 0.266. The van der Waals surface area contributed by atoms with Gasteiger partial charge in [0.1, 0.15) is 0 Å². The topological polar surface area (TPSA) is 83.9 Å². The van der Waals surface area contributed by atoms with Crippen molar-refractivity contribution < 1.29 is 23.1 Å². The standard InChI is InChI=1S/C9H17NO5S/c1-10(16(13,14)7-9(11)12)6-8-2-4-15-5-3-8/h8H,2-7H2,1H3,(H,11,12). The number of rotatable bonds is 5. The van der Waals surface area contributed by atoms with Crippen molar-refractivity contribution in [3.8, 4) is 0 Å². The summed E-state index contributed by atoms with van der Waals surface area (Å²) in [4.78, 5) is 10.4. The van der Waals surface area contributed by atoms with Gasteiger partial charge in [-0.05, 0) is 18.8 Å². The molecule has 16 heavy (non-hydrogen) atoms. The molecular weight excluding hydrogens is 234 g/mol. The number of ether oxygens (including phenoxy) is 1. The molecule has 0 spiro atoms. The van der Waals surface area contributed by atoms with Crippen LogP contribution in [0.2, 0.25) is 0 Å². The van der Waals surface area contributed by atoms with E-state index in [0.717, 1.165) is 17.1 Å². The van der Waals surface area contributed by atoms with Crippen LogP contribution in [-0.4, -0.2) is 56.4 Å². The van der Waals surface area contributed by atoms with Crippen LogP contribution in [0.5, 0.6) is 0 Å². The number of carboxylic acid groups (broad SMARTS) is 1. The largest absolute Gasteiger partial charge is 0.480 e. The number of carboxylic acids is 1. The van der Waals surface area contributed by atoms with Gasteiger partial charge >= 0.3 is 5.97 Å². The third-order valence-electron chi connectivity index (χ3n) is 2.64. The molecule has 6 nitrogen and oxygen atoms in total. The Morgan fingerprint density at radius 1 is 1.44 bits per heavy atom. The summed E-state index contributed by atoms with van der Waals surface area (Å²) in [6.45, 7) is 1.67. The first-order valence-electron chi connectivity index (χ1n) is 5.15. The second-order valence-corrected chi connectivity index (χ2v) is 6.06. The van der Waals surface area contributed by atoms with Crippen LogP contribution in [0.3, 0.4) is 0 Å². The Labute approximate surface area is 95.2 Å². The van der Waals surface area contributed by atoms with Crippen LogP contribution < -0.4 is 0 Å². The van der Waals surface area contributed by atoms with Crippen molar-refractivity contribution in [1.29, 1.82) is 0 Å². The third-order valence-corrected chi connectivity index (χ3v) is 4.35. The van der Waals surface area contributed by atoms with Gasteiger partial charge in [-0.15, -0.1) is 0 Å². The first-order chi connectivity index (χ1) is 7.42. The normalized spacial score (nSPS) is 18.9. The fraction of sp³-hybridized carbons (Fsp3) is 0.889. The molecule has 1 aliphatic heterocycles. The fourth-order valence-corrected chi connectivity index (χ4v) is 2.64. The second kappa shape index (κ2) is 5.60. The molecule has 0 saturated carbocycles. The summed E-state index contributed by atoms with van der Waals surface area (Å²) in [5.74, 6) is -1.90. The highest BCUT2D eigenvalue weighted by atomic mass is 32.2. The van der Waals surface area contributed by atoms with Crippen molar-refractivity contribution >= 4 is 16.0 Å². The predicted molar refractivity (Wildman–Crippen MR) is 57.6 cm³/mol. The van der Waals surface area contributed by atoms with E-state index in [2.05, 4.69) is 0 Å². The monoisotopic (exact) mass is 251 g/mol. The van der Waals surface area contributed by atoms with Gasteiger partial charge in [0.05, 0.1) is 0 Å². The molecule has 0 bridgehead atoms. The molecule has 0 aromatic rings. The number of carbonyl (C=O) groups is 1. The van der Waals surface area contributed by atoms with Crippen LogP contribution in [-0.2, 0) is 19.6 Å². The Balaban J connectivity index is 2.49. The van der Waals surface area contributed by atoms with Crippen molar-refractivity contribution in [2.75, 3.05) is 32.6 Å². The summed E-state index contributed by atoms with van der Waals surface area (Å²) in [5, 5.41) is 8.48. The van der Waals surface area contributed by atoms with E-state index in [1.807, 2.05) is 0 Å². The predicted octanol–water partition coefficient (Wildman–Crippen LogP) is -0.241. The molecule has 1 N–H and O–H groups in total. The molecule has 1 aliphatic rings. The number of hydrogen-bond donors (Lipinski definition) is 1. The fourth-order valence-electron chi connectivity index (χ4n) is 1.67. The third kappa shape index (κ3) is 4.07. The molecule has 94 valence electrons. The molecule has 1 fully saturated rings. The Morgan fingerprint density at radius 3 is 2.50 bits per heavy atom. The van der Waals surface area contributed by atoms with Gasteiger partial charge in [-0.25, -0.2) is 12.7 Å². The van der Waals surface area contributed by atoms with Crippen molar-refractivity contribution in [3.05, 3.63) is 0 Å². The van der Waals surface area contributed by atoms with E-state index in [9.17, 15) is 13.2 Å². The summed E-state index contributed by atoms with van der Waals surface area (Å²) in [7, 11) is -2.24. The molecule has 1 heterocycles. The molecule has 0 aromatic carbocycles. The van der Waals surface area contributed by atoms with E-state index < -0.39 is 21.7 Å². The Bertz CT molecular complexity index is 334. The molecule has 0 unspecified atom stereocenters. The van der Waals surface area contributed by atoms with E-state index in [1.54, 1.807) is 0 Å². The molecule has 7 heteroatoms. The summed E-state index contributed by atoms with van der Waals surface area (Å²) >= 11 is 0. The minimum atomic E-state index is -3.67. The van der Waals surface area contributed by atoms with Crippen LogP contribution in [0.15, 0.2) is 0 Å². The molecule has 1 saturated heterocycles. The lowest BCUT2D eigenvalue weighted by molar-refractivity contribution is -0.134. The van der Waals surface area contributed by atoms with Gasteiger partial charge in [0.15, 0.2) is 5.75 Å². The molecule has 0 aliphatic carbocycles. The quantitative estimate of drug-likeness (QED) is 0.729. The highest BCUT2D eigenvalue weighted by molar-refractivity contribution is 7.89. The van der Waals surface area contributed by atoms with E-state index >= 15 is 0 Å². The first-order valence-corrected chi connectivity index (χ1v) is 6.76. The maximum Gasteiger partial charge on any atom is 0.320 e. The summed E-state index contributed by atoms with van der Waals surface area (Å²) < 4.78 is 29.4. The van der Waals surface area contributed by atoms with Gasteiger partial charge in [0, 0.05) is 26.8 Å². The Kier molecular flexibility index (Phi) is 4.69. The van der Waals surface area contributed by atoms with Crippen molar-refractivity contribution in [2.24, 2.45) is 5.92 Å². The van der Waals surface area contributed by atoms with Crippen LogP contribution in [0.4, 0.5) is 0 Å². The van der Waals surface area contributed by atoms with Gasteiger partial charge < -0.3 is 9.84 Å². The van der Waals surface area contributed by atoms with Gasteiger partial charge in [-0.3, -0.25) is 4.79 Å². The zero-order valence-electron chi connectivity index (χ0n) is 9.26. The van der Waals surface area contributed by atoms with Crippen LogP contribution in [0.1, 0.15) is 12.8 Å². The Hall–Kier alpha value is -0.660. The Morgan fingerprint density at radius 2 is 2.00 bits per heavy atom. The zero-order chi connectivity index (χ0) is 12.2. The lowest BCUT2D eigenvalue weighted by Crippen LogP contribution is -2.37. The summed E-state index contributed by atoms with van der Waals surface area (Å²) in [6.07, 6.45) is 1.65. The van der Waals surface area contributed by atoms with Gasteiger partial charge in [0.2, 0.25) is 10.0 Å². The molecule has 0 aromatic heterocycles. The lowest BCUT2D eigenvalue weighted by Gasteiger charge is -2.26. The highest BCUT2D eigenvalue weighted by Crippen LogP contribution is 2.16. The molecule has 1 rings (SSSR count). The number of sulfonamides is 1. The van der Waals surface area contributed by atoms with E-state index in [1.165, 1.54) is 7.05 Å².